The van der Waals surface area contributed by atoms with E-state index in [1.165, 1.54) is 28.8 Å². The van der Waals surface area contributed by atoms with E-state index in [0.717, 1.165) is 31.4 Å². The molecule has 0 saturated carbocycles. The largest absolute Gasteiger partial charge is 0.491 e. The fraction of sp³-hybridized carbons (Fsp3) is 0.406. The van der Waals surface area contributed by atoms with Crippen LogP contribution in [-0.2, 0) is 74.6 Å². The highest BCUT2D eigenvalue weighted by atomic mass is 16.5. The van der Waals surface area contributed by atoms with Crippen LogP contribution >= 0.6 is 0 Å². The van der Waals surface area contributed by atoms with E-state index in [1.54, 1.807) is 15.6 Å². The number of nitrogens with zero attached hydrogens (tertiary/aromatic N) is 8. The second kappa shape index (κ2) is 25.2. The maximum Gasteiger partial charge on any atom is 0.261 e. The standard InChI is InChI=1S/C64H74N8O10/c1-62(2,3)46-18-10-42(11-19-46)56(43-12-20-47(21-13-43)63(4,5)6)81-40-49-38-69(67-65-49)26-31-78-33-28-71-58(74)52-36-54-55(37-53(52)59(71)75)61(77)72(60(54)76)29-34-79-32-27-70-39-50(66-68-70)41-82-57(44-14-22-48(23-15-44)64(7,8)9)45-16-24-51(25-17-45)80-35-30-73/h10-25,36-39,56-57,73H,26-35,40-41H2,1-9H3. The number of aliphatic hydroxyl groups is 1. The number of ether oxygens (including phenoxy) is 5. The van der Waals surface area contributed by atoms with E-state index in [2.05, 4.69) is 156 Å². The molecule has 18 heteroatoms. The molecule has 9 aromatic rings. The Hall–Kier alpha value is -7.74. The zero-order valence-corrected chi connectivity index (χ0v) is 48.4. The van der Waals surface area contributed by atoms with Gasteiger partial charge in [0.1, 0.15) is 36.0 Å². The summed E-state index contributed by atoms with van der Waals surface area (Å²) in [7, 11) is 0. The molecule has 0 bridgehead atoms. The number of hydrogen-bond acceptors (Lipinski definition) is 14. The van der Waals surface area contributed by atoms with Crippen molar-refractivity contribution in [2.75, 3.05) is 39.6 Å². The molecule has 0 aliphatic carbocycles. The quantitative estimate of drug-likeness (QED) is 0.0534. The van der Waals surface area contributed by atoms with Gasteiger partial charge in [-0.15, -0.1) is 10.2 Å². The van der Waals surface area contributed by atoms with Gasteiger partial charge in [-0.1, -0.05) is 158 Å². The third kappa shape index (κ3) is 13.9. The molecule has 0 fully saturated rings. The molecule has 18 nitrogen and oxygen atoms in total. The summed E-state index contributed by atoms with van der Waals surface area (Å²) in [5.74, 6) is 0.648. The van der Waals surface area contributed by atoms with Gasteiger partial charge in [-0.05, 0) is 79.5 Å². The summed E-state index contributed by atoms with van der Waals surface area (Å²) in [5, 5.41) is 26.6. The number of benzene rings is 5. The second-order valence-corrected chi connectivity index (χ2v) is 23.8. The lowest BCUT2D eigenvalue weighted by atomic mass is 9.85. The van der Waals surface area contributed by atoms with Crippen molar-refractivity contribution < 1.29 is 28.8 Å². The predicted octanol–water partition coefficient (Wildman–Crippen LogP) is 8.41. The van der Waals surface area contributed by atoms with Gasteiger partial charge in [0.2, 0.25) is 0 Å². The zero-order chi connectivity index (χ0) is 58.3. The van der Waals surface area contributed by atoms with Crippen LogP contribution in [0.3, 0.4) is 0 Å². The van der Waals surface area contributed by atoms with Crippen LogP contribution in [0.15, 0.2) is 141 Å². The van der Waals surface area contributed by atoms with Crippen LogP contribution in [0.1, 0.15) is 125 Å². The molecule has 4 heterocycles. The van der Waals surface area contributed by atoms with Crippen molar-refractivity contribution in [1.82, 2.24) is 39.1 Å². The summed E-state index contributed by atoms with van der Waals surface area (Å²) in [6.07, 6.45) is 2.86. The van der Waals surface area contributed by atoms with E-state index in [9.17, 15) is 19.2 Å². The SMILES string of the molecule is CC(C)(C)c1ccc(C(OCc2cn(CCOCCn3c(=O)c4cc5c(=O)n(CCOCCn6cc(COC(c7ccc(C(C)(C)C)cc7)c7ccc(C(C)(C)C)cc7)nn6)c(=O)c5cc4c3=O)nn2)c2ccc(OCCO)cc2)cc1. The Bertz CT molecular complexity index is 3660. The lowest BCUT2D eigenvalue weighted by Crippen LogP contribution is -2.28. The van der Waals surface area contributed by atoms with E-state index in [0.29, 0.717) is 30.2 Å². The summed E-state index contributed by atoms with van der Waals surface area (Å²) in [6, 6.07) is 35.8. The summed E-state index contributed by atoms with van der Waals surface area (Å²) in [5.41, 5.74) is 6.71. The van der Waals surface area contributed by atoms with Gasteiger partial charge in [-0.3, -0.25) is 28.3 Å². The Morgan fingerprint density at radius 1 is 0.439 bits per heavy atom. The minimum atomic E-state index is -0.566. The highest BCUT2D eigenvalue weighted by Crippen LogP contribution is 2.33. The molecule has 1 atom stereocenters. The first-order chi connectivity index (χ1) is 39.2. The average Bonchev–Trinajstić information content (AvgIpc) is 2.84. The van der Waals surface area contributed by atoms with Crippen molar-refractivity contribution in [2.24, 2.45) is 0 Å². The maximum absolute atomic E-state index is 13.5. The summed E-state index contributed by atoms with van der Waals surface area (Å²) in [6.45, 7) is 21.5. The third-order valence-electron chi connectivity index (χ3n) is 14.7. The van der Waals surface area contributed by atoms with Gasteiger partial charge in [0.25, 0.3) is 22.2 Å². The van der Waals surface area contributed by atoms with E-state index in [-0.39, 0.29) is 110 Å². The Kier molecular flexibility index (Phi) is 18.1. The van der Waals surface area contributed by atoms with Gasteiger partial charge in [0.15, 0.2) is 0 Å². The Labute approximate surface area is 476 Å². The smallest absolute Gasteiger partial charge is 0.261 e. The number of rotatable bonds is 25. The lowest BCUT2D eigenvalue weighted by Gasteiger charge is -2.23. The average molecular weight is 1120 g/mol. The number of hydrogen-bond donors (Lipinski definition) is 1. The minimum Gasteiger partial charge on any atom is -0.491 e. The summed E-state index contributed by atoms with van der Waals surface area (Å²) >= 11 is 0. The highest BCUT2D eigenvalue weighted by Gasteiger charge is 2.24. The maximum atomic E-state index is 13.5. The zero-order valence-electron chi connectivity index (χ0n) is 48.4. The molecule has 4 aromatic heterocycles. The Morgan fingerprint density at radius 3 is 1.07 bits per heavy atom. The third-order valence-corrected chi connectivity index (χ3v) is 14.7. The van der Waals surface area contributed by atoms with Crippen molar-refractivity contribution in [2.45, 2.75) is 130 Å². The second-order valence-electron chi connectivity index (χ2n) is 23.8. The van der Waals surface area contributed by atoms with Crippen LogP contribution in [0.25, 0.3) is 21.5 Å². The molecule has 0 radical (unpaired) electrons. The lowest BCUT2D eigenvalue weighted by molar-refractivity contribution is 0.0644. The van der Waals surface area contributed by atoms with Crippen molar-refractivity contribution in [1.29, 1.82) is 0 Å². The highest BCUT2D eigenvalue weighted by molar-refractivity contribution is 5.97. The molecule has 0 aliphatic heterocycles. The fourth-order valence-electron chi connectivity index (χ4n) is 9.82. The van der Waals surface area contributed by atoms with Gasteiger partial charge in [0, 0.05) is 0 Å². The molecule has 1 unspecified atom stereocenters. The fourth-order valence-corrected chi connectivity index (χ4v) is 9.82. The van der Waals surface area contributed by atoms with Gasteiger partial charge >= 0.3 is 0 Å². The van der Waals surface area contributed by atoms with E-state index >= 15 is 0 Å². The van der Waals surface area contributed by atoms with Gasteiger partial charge in [-0.25, -0.2) is 9.36 Å². The van der Waals surface area contributed by atoms with Gasteiger partial charge in [0.05, 0.1) is 106 Å². The predicted molar refractivity (Wildman–Crippen MR) is 314 cm³/mol. The molecular weight excluding hydrogens is 1040 g/mol. The molecule has 9 rings (SSSR count). The van der Waals surface area contributed by atoms with Gasteiger partial charge in [-0.2, -0.15) is 0 Å². The van der Waals surface area contributed by atoms with Crippen LogP contribution in [0.4, 0.5) is 0 Å². The number of aromatic nitrogens is 8. The van der Waals surface area contributed by atoms with Crippen LogP contribution in [0.5, 0.6) is 5.75 Å². The van der Waals surface area contributed by atoms with Gasteiger partial charge < -0.3 is 28.8 Å². The number of fused-ring (bicyclic) bond motifs is 2. The molecule has 5 aromatic carbocycles. The molecule has 430 valence electrons. The summed E-state index contributed by atoms with van der Waals surface area (Å²) < 4.78 is 35.7. The molecule has 82 heavy (non-hydrogen) atoms. The molecule has 0 aliphatic rings. The molecule has 0 spiro atoms. The normalized spacial score (nSPS) is 12.8. The monoisotopic (exact) mass is 1110 g/mol. The molecule has 0 amide bonds. The van der Waals surface area contributed by atoms with Crippen molar-refractivity contribution in [3.05, 3.63) is 213 Å². The first kappa shape index (κ1) is 58.9. The Morgan fingerprint density at radius 2 is 0.756 bits per heavy atom. The van der Waals surface area contributed by atoms with Crippen molar-refractivity contribution in [3.63, 3.8) is 0 Å². The molecule has 0 saturated heterocycles. The number of aliphatic hydroxyl groups excluding tert-OH is 1. The van der Waals surface area contributed by atoms with E-state index in [1.807, 2.05) is 30.5 Å². The van der Waals surface area contributed by atoms with Crippen LogP contribution < -0.4 is 27.0 Å². The van der Waals surface area contributed by atoms with E-state index in [4.69, 9.17) is 28.8 Å². The van der Waals surface area contributed by atoms with E-state index < -0.39 is 28.3 Å². The van der Waals surface area contributed by atoms with Crippen LogP contribution in [0, 0.1) is 0 Å². The first-order valence-corrected chi connectivity index (χ1v) is 27.9. The van der Waals surface area contributed by atoms with Crippen LogP contribution in [-0.4, -0.2) is 83.9 Å². The molecule has 1 N–H and O–H groups in total. The Balaban J connectivity index is 0.745. The molecular formula is C64H74N8O10. The topological polar surface area (TPSA) is 206 Å². The van der Waals surface area contributed by atoms with Crippen LogP contribution in [0.2, 0.25) is 0 Å². The minimum absolute atomic E-state index is 0.00571. The first-order valence-electron chi connectivity index (χ1n) is 27.9. The summed E-state index contributed by atoms with van der Waals surface area (Å²) in [4.78, 5) is 54.2. The van der Waals surface area contributed by atoms with Crippen molar-refractivity contribution in [3.8, 4) is 5.75 Å². The van der Waals surface area contributed by atoms with Crippen molar-refractivity contribution >= 4 is 21.5 Å².